The summed E-state index contributed by atoms with van der Waals surface area (Å²) in [6.45, 7) is 8.42. The predicted molar refractivity (Wildman–Crippen MR) is 208 cm³/mol. The first kappa shape index (κ1) is 43.0. The van der Waals surface area contributed by atoms with Gasteiger partial charge in [0.15, 0.2) is 0 Å². The highest BCUT2D eigenvalue weighted by Gasteiger charge is 2.42. The molecule has 0 saturated carbocycles. The Labute approximate surface area is 328 Å². The van der Waals surface area contributed by atoms with Crippen molar-refractivity contribution in [2.24, 2.45) is 7.05 Å². The van der Waals surface area contributed by atoms with E-state index in [4.69, 9.17) is 9.47 Å². The van der Waals surface area contributed by atoms with Crippen molar-refractivity contribution in [3.8, 4) is 0 Å². The molecule has 0 aliphatic carbocycles. The first-order chi connectivity index (χ1) is 26.5. The number of carbonyl (C=O) groups is 6. The molecule has 0 bridgehead atoms. The number of likely N-dealkylation sites (tertiary alicyclic amines) is 1. The molecule has 4 atom stereocenters. The van der Waals surface area contributed by atoms with Crippen LogP contribution < -0.4 is 21.3 Å². The van der Waals surface area contributed by atoms with Gasteiger partial charge in [-0.3, -0.25) is 19.2 Å². The average Bonchev–Trinajstić information content (AvgIpc) is 3.81. The molecule has 15 nitrogen and oxygen atoms in total. The second-order valence-corrected chi connectivity index (χ2v) is 15.5. The zero-order valence-corrected chi connectivity index (χ0v) is 33.3. The molecule has 5 amide bonds. The molecule has 4 N–H and O–H groups in total. The van der Waals surface area contributed by atoms with Crippen molar-refractivity contribution in [1.29, 1.82) is 0 Å². The number of benzene rings is 2. The van der Waals surface area contributed by atoms with Gasteiger partial charge in [-0.15, -0.1) is 0 Å². The van der Waals surface area contributed by atoms with Crippen LogP contribution in [0.5, 0.6) is 0 Å². The number of nitrogens with one attached hydrogen (secondary N) is 4. The number of rotatable bonds is 16. The van der Waals surface area contributed by atoms with Crippen molar-refractivity contribution in [2.75, 3.05) is 13.7 Å². The Morgan fingerprint density at radius 2 is 1.48 bits per heavy atom. The Morgan fingerprint density at radius 1 is 0.839 bits per heavy atom. The number of nitrogens with zero attached hydrogens (tertiary/aromatic N) is 3. The van der Waals surface area contributed by atoms with Crippen LogP contribution in [0.3, 0.4) is 0 Å². The van der Waals surface area contributed by atoms with Crippen molar-refractivity contribution in [3.63, 3.8) is 0 Å². The molecule has 0 spiro atoms. The van der Waals surface area contributed by atoms with Crippen molar-refractivity contribution in [2.45, 2.75) is 108 Å². The molecule has 1 aromatic heterocycles. The smallest absolute Gasteiger partial charge is 0.408 e. The molecule has 0 radical (unpaired) electrons. The molecule has 1 saturated heterocycles. The quantitative estimate of drug-likeness (QED) is 0.159. The molecule has 0 unspecified atom stereocenters. The van der Waals surface area contributed by atoms with Gasteiger partial charge in [0.25, 0.3) is 0 Å². The van der Waals surface area contributed by atoms with Crippen LogP contribution in [0.4, 0.5) is 4.79 Å². The van der Waals surface area contributed by atoms with Crippen molar-refractivity contribution >= 4 is 35.7 Å². The maximum Gasteiger partial charge on any atom is 0.408 e. The monoisotopic (exact) mass is 773 g/mol. The summed E-state index contributed by atoms with van der Waals surface area (Å²) in [6, 6.07) is 14.5. The van der Waals surface area contributed by atoms with Crippen molar-refractivity contribution in [1.82, 2.24) is 35.7 Å². The number of hydrogen-bond acceptors (Lipinski definition) is 9. The van der Waals surface area contributed by atoms with Gasteiger partial charge in [-0.2, -0.15) is 0 Å². The Hall–Kier alpha value is -5.73. The number of carbonyl (C=O) groups excluding carboxylic acids is 6. The number of aryl methyl sites for hydroxylation is 2. The molecular formula is C41H55N7O8. The average molecular weight is 774 g/mol. The molecule has 3 aromatic rings. The van der Waals surface area contributed by atoms with Gasteiger partial charge in [0.2, 0.25) is 23.6 Å². The van der Waals surface area contributed by atoms with Crippen LogP contribution in [0, 0.1) is 0 Å². The van der Waals surface area contributed by atoms with Gasteiger partial charge in [-0.05, 0) is 71.4 Å². The molecule has 302 valence electrons. The third kappa shape index (κ3) is 12.4. The van der Waals surface area contributed by atoms with E-state index in [1.54, 1.807) is 44.9 Å². The summed E-state index contributed by atoms with van der Waals surface area (Å²) in [5.41, 5.74) is 0.0870. The topological polar surface area (TPSA) is 190 Å². The zero-order chi connectivity index (χ0) is 41.0. The van der Waals surface area contributed by atoms with E-state index in [9.17, 15) is 28.8 Å². The van der Waals surface area contributed by atoms with Gasteiger partial charge in [0.05, 0.1) is 13.4 Å². The highest BCUT2D eigenvalue weighted by Crippen LogP contribution is 2.21. The van der Waals surface area contributed by atoms with Crippen LogP contribution in [-0.4, -0.2) is 99.1 Å². The first-order valence-corrected chi connectivity index (χ1v) is 18.8. The summed E-state index contributed by atoms with van der Waals surface area (Å²) in [6.07, 6.45) is 4.16. The third-order valence-electron chi connectivity index (χ3n) is 9.43. The van der Waals surface area contributed by atoms with Crippen LogP contribution >= 0.6 is 0 Å². The Kier molecular flexibility index (Phi) is 14.8. The number of imidazole rings is 1. The molecule has 56 heavy (non-hydrogen) atoms. The summed E-state index contributed by atoms with van der Waals surface area (Å²) in [7, 11) is 3.01. The van der Waals surface area contributed by atoms with Crippen LogP contribution in [0.2, 0.25) is 0 Å². The Morgan fingerprint density at radius 3 is 2.07 bits per heavy atom. The van der Waals surface area contributed by atoms with Crippen LogP contribution in [-0.2, 0) is 59.8 Å². The third-order valence-corrected chi connectivity index (χ3v) is 9.43. The molecule has 1 aliphatic heterocycles. The van der Waals surface area contributed by atoms with Gasteiger partial charge >= 0.3 is 12.1 Å². The second kappa shape index (κ2) is 19.2. The number of alkyl carbamates (subject to hydrolysis) is 1. The van der Waals surface area contributed by atoms with Crippen molar-refractivity contribution < 1.29 is 38.2 Å². The van der Waals surface area contributed by atoms with E-state index in [1.807, 2.05) is 60.7 Å². The normalized spacial score (nSPS) is 15.8. The van der Waals surface area contributed by atoms with E-state index in [1.165, 1.54) is 25.9 Å². The van der Waals surface area contributed by atoms with Gasteiger partial charge in [0.1, 0.15) is 35.3 Å². The minimum atomic E-state index is -1.53. The van der Waals surface area contributed by atoms with Crippen LogP contribution in [0.25, 0.3) is 0 Å². The van der Waals surface area contributed by atoms with Gasteiger partial charge in [-0.25, -0.2) is 14.6 Å². The van der Waals surface area contributed by atoms with Crippen LogP contribution in [0.1, 0.15) is 70.7 Å². The molecule has 2 heterocycles. The maximum atomic E-state index is 14.1. The number of ether oxygens (including phenoxy) is 2. The highest BCUT2D eigenvalue weighted by atomic mass is 16.6. The number of amides is 5. The molecular weight excluding hydrogens is 718 g/mol. The summed E-state index contributed by atoms with van der Waals surface area (Å²) in [5, 5.41) is 11.0. The molecule has 1 fully saturated rings. The lowest BCUT2D eigenvalue weighted by atomic mass is 9.99. The predicted octanol–water partition coefficient (Wildman–Crippen LogP) is 2.76. The lowest BCUT2D eigenvalue weighted by Crippen LogP contribution is -2.62. The first-order valence-electron chi connectivity index (χ1n) is 18.8. The molecule has 15 heteroatoms. The number of aromatic nitrogens is 2. The summed E-state index contributed by atoms with van der Waals surface area (Å²) < 4.78 is 12.2. The summed E-state index contributed by atoms with van der Waals surface area (Å²) >= 11 is 0. The lowest BCUT2D eigenvalue weighted by molar-refractivity contribution is -0.145. The lowest BCUT2D eigenvalue weighted by Gasteiger charge is -2.33. The number of methoxy groups -OCH3 is 1. The van der Waals surface area contributed by atoms with E-state index < -0.39 is 71.0 Å². The molecule has 1 aliphatic rings. The highest BCUT2D eigenvalue weighted by molar-refractivity contribution is 5.97. The largest absolute Gasteiger partial charge is 0.467 e. The van der Waals surface area contributed by atoms with Crippen molar-refractivity contribution in [3.05, 3.63) is 90.0 Å². The number of esters is 1. The fourth-order valence-corrected chi connectivity index (χ4v) is 6.41. The van der Waals surface area contributed by atoms with E-state index >= 15 is 0 Å². The maximum absolute atomic E-state index is 14.1. The minimum absolute atomic E-state index is 0.0991. The van der Waals surface area contributed by atoms with Gasteiger partial charge < -0.3 is 40.2 Å². The Balaban J connectivity index is 1.49. The van der Waals surface area contributed by atoms with E-state index in [2.05, 4.69) is 26.3 Å². The zero-order valence-electron chi connectivity index (χ0n) is 33.3. The van der Waals surface area contributed by atoms with Gasteiger partial charge in [-0.1, -0.05) is 60.7 Å². The summed E-state index contributed by atoms with van der Waals surface area (Å²) in [4.78, 5) is 86.9. The standard InChI is InChI=1S/C41H55N7O8/c1-40(2,3)56-39(54)45-31(24-29-25-42-26-47(29)6)36(51)48-22-14-19-33(48)35(50)46-41(4,5)38(53)44-30(21-20-27-15-10-8-11-16-27)34(49)43-32(37(52)55-7)23-28-17-12-9-13-18-28/h8-13,15-18,25-26,30-33H,14,19-24H2,1-7H3,(H,43,49)(H,44,53)(H,45,54)(H,46,50)/t30-,31-,32+,33+/m0/s1. The van der Waals surface area contributed by atoms with E-state index in [-0.39, 0.29) is 25.8 Å². The molecule has 4 rings (SSSR count). The van der Waals surface area contributed by atoms with Gasteiger partial charge in [0, 0.05) is 38.3 Å². The second-order valence-electron chi connectivity index (χ2n) is 15.5. The minimum Gasteiger partial charge on any atom is -0.467 e. The Bertz CT molecular complexity index is 1820. The fourth-order valence-electron chi connectivity index (χ4n) is 6.41. The van der Waals surface area contributed by atoms with E-state index in [0.29, 0.717) is 25.0 Å². The molecule has 2 aromatic carbocycles. The fraction of sp³-hybridized carbons (Fsp3) is 0.488. The number of hydrogen-bond donors (Lipinski definition) is 4. The summed E-state index contributed by atoms with van der Waals surface area (Å²) in [5.74, 6) is -2.92. The van der Waals surface area contributed by atoms with Crippen LogP contribution in [0.15, 0.2) is 73.2 Å². The van der Waals surface area contributed by atoms with E-state index in [0.717, 1.165) is 11.1 Å². The SMILES string of the molecule is COC(=O)[C@@H](Cc1ccccc1)NC(=O)[C@H](CCc1ccccc1)NC(=O)C(C)(C)NC(=O)[C@H]1CCCN1C(=O)[C@H](Cc1cncn1C)NC(=O)OC(C)(C)C.